The molecule has 2 aliphatic rings. The molecule has 2 heterocycles. The van der Waals surface area contributed by atoms with E-state index in [9.17, 15) is 40.5 Å². The van der Waals surface area contributed by atoms with Gasteiger partial charge in [0.05, 0.1) is 27.9 Å². The Kier molecular flexibility index (Phi) is 7.44. The van der Waals surface area contributed by atoms with Gasteiger partial charge in [0, 0.05) is 5.56 Å². The third-order valence-electron chi connectivity index (χ3n) is 6.10. The Morgan fingerprint density at radius 2 is 1.55 bits per heavy atom. The largest absolute Gasteiger partial charge is 0.504 e. The van der Waals surface area contributed by atoms with Crippen molar-refractivity contribution in [2.24, 2.45) is 0 Å². The molecule has 0 saturated carbocycles. The summed E-state index contributed by atoms with van der Waals surface area (Å²) in [7, 11) is 3.76. The SMILES string of the molecule is COc1ccc(C=C2Oc3c(OC)c(O)c(O)c(O)c3C2=O)c(OC)c1OC1OC(CO)C(O)C(O)C1O. The van der Waals surface area contributed by atoms with Gasteiger partial charge in [-0.3, -0.25) is 4.79 Å². The van der Waals surface area contributed by atoms with Crippen molar-refractivity contribution in [1.82, 2.24) is 0 Å². The maximum Gasteiger partial charge on any atom is 0.236 e. The van der Waals surface area contributed by atoms with Crippen LogP contribution in [0, 0.1) is 0 Å². The number of carbonyl (C=O) groups excluding carboxylic acids is 1. The molecule has 1 saturated heterocycles. The van der Waals surface area contributed by atoms with Crippen LogP contribution in [0.25, 0.3) is 6.08 Å². The van der Waals surface area contributed by atoms with Crippen LogP contribution in [0.2, 0.25) is 0 Å². The second-order valence-corrected chi connectivity index (χ2v) is 8.26. The van der Waals surface area contributed by atoms with Crippen LogP contribution in [-0.2, 0) is 4.74 Å². The normalized spacial score (nSPS) is 25.6. The van der Waals surface area contributed by atoms with Crippen LogP contribution in [0.1, 0.15) is 15.9 Å². The van der Waals surface area contributed by atoms with Gasteiger partial charge in [-0.15, -0.1) is 0 Å². The van der Waals surface area contributed by atoms with Crippen LogP contribution in [0.3, 0.4) is 0 Å². The van der Waals surface area contributed by atoms with E-state index in [0.29, 0.717) is 0 Å². The second kappa shape index (κ2) is 10.4. The Morgan fingerprint density at radius 3 is 2.16 bits per heavy atom. The summed E-state index contributed by atoms with van der Waals surface area (Å²) < 4.78 is 32.5. The minimum Gasteiger partial charge on any atom is -0.504 e. The zero-order valence-corrected chi connectivity index (χ0v) is 20.3. The maximum absolute atomic E-state index is 13.0. The number of Topliss-reactive ketones (excluding diaryl/α,β-unsaturated/α-hetero) is 1. The second-order valence-electron chi connectivity index (χ2n) is 8.26. The first-order valence-electron chi connectivity index (χ1n) is 11.1. The molecule has 7 N–H and O–H groups in total. The van der Waals surface area contributed by atoms with E-state index in [4.69, 9.17) is 28.4 Å². The predicted octanol–water partition coefficient (Wildman–Crippen LogP) is -0.376. The number of carbonyl (C=O) groups is 1. The number of hydrogen-bond donors (Lipinski definition) is 7. The summed E-state index contributed by atoms with van der Waals surface area (Å²) in [5.74, 6) is -4.65. The predicted molar refractivity (Wildman–Crippen MR) is 125 cm³/mol. The van der Waals surface area contributed by atoms with Crippen molar-refractivity contribution in [3.63, 3.8) is 0 Å². The first-order valence-corrected chi connectivity index (χ1v) is 11.1. The van der Waals surface area contributed by atoms with Crippen LogP contribution >= 0.6 is 0 Å². The fourth-order valence-electron chi connectivity index (χ4n) is 4.12. The topological polar surface area (TPSA) is 214 Å². The van der Waals surface area contributed by atoms with E-state index in [1.807, 2.05) is 0 Å². The van der Waals surface area contributed by atoms with Crippen molar-refractivity contribution in [1.29, 1.82) is 0 Å². The summed E-state index contributed by atoms with van der Waals surface area (Å²) in [6.07, 6.45) is -6.63. The van der Waals surface area contributed by atoms with Crippen molar-refractivity contribution in [2.45, 2.75) is 30.7 Å². The third kappa shape index (κ3) is 4.27. The van der Waals surface area contributed by atoms with Crippen LogP contribution in [0.5, 0.6) is 46.0 Å². The van der Waals surface area contributed by atoms with Gasteiger partial charge in [0.2, 0.25) is 35.1 Å². The molecule has 0 amide bonds. The molecule has 14 nitrogen and oxygen atoms in total. The lowest BCUT2D eigenvalue weighted by atomic mass is 9.99. The highest BCUT2D eigenvalue weighted by molar-refractivity contribution is 6.17. The summed E-state index contributed by atoms with van der Waals surface area (Å²) >= 11 is 0. The number of benzene rings is 2. The Labute approximate surface area is 215 Å². The number of ether oxygens (including phenoxy) is 6. The first kappa shape index (κ1) is 27.1. The van der Waals surface area contributed by atoms with E-state index in [0.717, 1.165) is 7.11 Å². The van der Waals surface area contributed by atoms with E-state index < -0.39 is 65.9 Å². The molecule has 0 aliphatic carbocycles. The van der Waals surface area contributed by atoms with Gasteiger partial charge in [0.25, 0.3) is 0 Å². The number of rotatable bonds is 7. The number of fused-ring (bicyclic) bond motifs is 1. The summed E-state index contributed by atoms with van der Waals surface area (Å²) in [4.78, 5) is 13.0. The average Bonchev–Trinajstić information content (AvgIpc) is 3.23. The summed E-state index contributed by atoms with van der Waals surface area (Å²) in [5.41, 5.74) is -0.260. The van der Waals surface area contributed by atoms with Crippen molar-refractivity contribution >= 4 is 11.9 Å². The maximum atomic E-state index is 13.0. The van der Waals surface area contributed by atoms with E-state index in [1.54, 1.807) is 0 Å². The zero-order valence-electron chi connectivity index (χ0n) is 20.3. The van der Waals surface area contributed by atoms with Crippen molar-refractivity contribution in [3.05, 3.63) is 29.0 Å². The highest BCUT2D eigenvalue weighted by Crippen LogP contribution is 2.55. The molecule has 206 valence electrons. The van der Waals surface area contributed by atoms with Gasteiger partial charge in [-0.2, -0.15) is 0 Å². The van der Waals surface area contributed by atoms with Crippen molar-refractivity contribution in [3.8, 4) is 46.0 Å². The molecule has 0 radical (unpaired) electrons. The Hall–Kier alpha value is -3.95. The Bertz CT molecular complexity index is 1270. The summed E-state index contributed by atoms with van der Waals surface area (Å²) in [5, 5.41) is 70.2. The molecule has 2 aromatic rings. The highest BCUT2D eigenvalue weighted by Gasteiger charge is 2.45. The smallest absolute Gasteiger partial charge is 0.236 e. The number of hydrogen-bond acceptors (Lipinski definition) is 14. The molecular weight excluding hydrogens is 512 g/mol. The molecule has 5 atom stereocenters. The number of methoxy groups -OCH3 is 3. The minimum absolute atomic E-state index is 0.0388. The lowest BCUT2D eigenvalue weighted by Crippen LogP contribution is -2.60. The quantitative estimate of drug-likeness (QED) is 0.177. The van der Waals surface area contributed by atoms with E-state index in [1.165, 1.54) is 32.4 Å². The fourth-order valence-corrected chi connectivity index (χ4v) is 4.12. The number of aromatic hydroxyl groups is 3. The number of ketones is 1. The van der Waals surface area contributed by atoms with Gasteiger partial charge in [-0.1, -0.05) is 0 Å². The molecule has 2 aromatic carbocycles. The molecule has 5 unspecified atom stereocenters. The van der Waals surface area contributed by atoms with Gasteiger partial charge < -0.3 is 64.2 Å². The molecule has 0 spiro atoms. The van der Waals surface area contributed by atoms with E-state index in [-0.39, 0.29) is 40.1 Å². The number of phenols is 3. The van der Waals surface area contributed by atoms with E-state index in [2.05, 4.69) is 0 Å². The zero-order chi connectivity index (χ0) is 27.9. The average molecular weight is 538 g/mol. The number of allylic oxidation sites excluding steroid dienone is 1. The molecule has 0 aromatic heterocycles. The van der Waals surface area contributed by atoms with Gasteiger partial charge in [0.1, 0.15) is 30.0 Å². The molecule has 4 rings (SSSR count). The number of aliphatic hydroxyl groups is 4. The van der Waals surface area contributed by atoms with Crippen molar-refractivity contribution < 1.29 is 69.0 Å². The molecule has 38 heavy (non-hydrogen) atoms. The van der Waals surface area contributed by atoms with Crippen LogP contribution in [0.4, 0.5) is 0 Å². The third-order valence-corrected chi connectivity index (χ3v) is 6.10. The fraction of sp³-hybridized carbons (Fsp3) is 0.375. The number of aliphatic hydroxyl groups excluding tert-OH is 4. The molecular formula is C24H26O14. The van der Waals surface area contributed by atoms with Crippen LogP contribution < -0.4 is 23.7 Å². The minimum atomic E-state index is -1.73. The first-order chi connectivity index (χ1) is 18.1. The van der Waals surface area contributed by atoms with Gasteiger partial charge in [-0.25, -0.2) is 0 Å². The Balaban J connectivity index is 1.76. The lowest BCUT2D eigenvalue weighted by molar-refractivity contribution is -0.277. The van der Waals surface area contributed by atoms with Crippen LogP contribution in [0.15, 0.2) is 17.9 Å². The Morgan fingerprint density at radius 1 is 0.868 bits per heavy atom. The molecule has 14 heteroatoms. The molecule has 1 fully saturated rings. The highest BCUT2D eigenvalue weighted by atomic mass is 16.7. The van der Waals surface area contributed by atoms with Gasteiger partial charge in [0.15, 0.2) is 28.8 Å². The molecule has 2 aliphatic heterocycles. The summed E-state index contributed by atoms with van der Waals surface area (Å²) in [6, 6.07) is 2.90. The van der Waals surface area contributed by atoms with Crippen LogP contribution in [-0.4, -0.2) is 100 Å². The standard InChI is InChI=1S/C24H26O14/c1-33-9-5-4-8(6-10-13(26)12-15(28)17(30)18(31)23(35-3)22(12)36-10)20(34-2)21(9)38-24-19(32)16(29)14(27)11(7-25)37-24/h4-6,11,14,16,19,24-25,27-32H,7H2,1-3H3. The van der Waals surface area contributed by atoms with E-state index >= 15 is 0 Å². The molecule has 0 bridgehead atoms. The van der Waals surface area contributed by atoms with Crippen molar-refractivity contribution in [2.75, 3.05) is 27.9 Å². The lowest BCUT2D eigenvalue weighted by Gasteiger charge is -2.39. The summed E-state index contributed by atoms with van der Waals surface area (Å²) in [6.45, 7) is -0.674. The number of phenolic OH excluding ortho intramolecular Hbond substituents is 3. The van der Waals surface area contributed by atoms with Gasteiger partial charge in [-0.05, 0) is 18.2 Å². The van der Waals surface area contributed by atoms with Gasteiger partial charge >= 0.3 is 0 Å². The monoisotopic (exact) mass is 538 g/mol.